The van der Waals surface area contributed by atoms with Crippen LogP contribution in [0, 0.1) is 11.8 Å². The van der Waals surface area contributed by atoms with Crippen molar-refractivity contribution in [1.82, 2.24) is 0 Å². The van der Waals surface area contributed by atoms with Crippen LogP contribution in [-0.4, -0.2) is 11.7 Å². The van der Waals surface area contributed by atoms with Crippen molar-refractivity contribution < 1.29 is 5.11 Å². The molecule has 0 aliphatic heterocycles. The van der Waals surface area contributed by atoms with Gasteiger partial charge < -0.3 is 5.11 Å². The van der Waals surface area contributed by atoms with Gasteiger partial charge in [-0.15, -0.1) is 0 Å². The summed E-state index contributed by atoms with van der Waals surface area (Å²) in [4.78, 5) is 0. The Hall–Kier alpha value is -0.300. The average molecular weight is 295 g/mol. The van der Waals surface area contributed by atoms with Crippen molar-refractivity contribution in [3.63, 3.8) is 0 Å². The number of rotatable bonds is 13. The Bertz CT molecular complexity index is 246. The first-order valence-electron chi connectivity index (χ1n) is 9.66. The van der Waals surface area contributed by atoms with Crippen LogP contribution in [-0.2, 0) is 0 Å². The first-order valence-corrected chi connectivity index (χ1v) is 9.66. The van der Waals surface area contributed by atoms with Crippen LogP contribution in [0.3, 0.4) is 0 Å². The van der Waals surface area contributed by atoms with Gasteiger partial charge >= 0.3 is 0 Å². The fraction of sp³-hybridized carbons (Fsp3) is 0.900. The van der Waals surface area contributed by atoms with Gasteiger partial charge in [-0.3, -0.25) is 0 Å². The molecule has 0 aromatic carbocycles. The molecule has 1 heteroatoms. The van der Waals surface area contributed by atoms with Crippen LogP contribution in [0.4, 0.5) is 0 Å². The highest BCUT2D eigenvalue weighted by Gasteiger charge is 2.24. The molecular formula is C20H38O. The monoisotopic (exact) mass is 294 g/mol. The molecule has 0 spiro atoms. The second-order valence-corrected chi connectivity index (χ2v) is 6.91. The Morgan fingerprint density at radius 3 is 2.48 bits per heavy atom. The van der Waals surface area contributed by atoms with Gasteiger partial charge in [-0.2, -0.15) is 0 Å². The van der Waals surface area contributed by atoms with Crippen LogP contribution >= 0.6 is 0 Å². The fourth-order valence-electron chi connectivity index (χ4n) is 3.69. The van der Waals surface area contributed by atoms with Gasteiger partial charge in [0.15, 0.2) is 0 Å². The minimum Gasteiger partial charge on any atom is -0.396 e. The summed E-state index contributed by atoms with van der Waals surface area (Å²) < 4.78 is 0. The summed E-state index contributed by atoms with van der Waals surface area (Å²) in [6.45, 7) is 2.65. The normalized spacial score (nSPS) is 22.4. The number of aliphatic hydroxyl groups excluding tert-OH is 1. The average Bonchev–Trinajstić information content (AvgIpc) is 2.94. The third-order valence-electron chi connectivity index (χ3n) is 5.06. The van der Waals surface area contributed by atoms with Crippen LogP contribution < -0.4 is 0 Å². The van der Waals surface area contributed by atoms with Crippen molar-refractivity contribution in [2.45, 2.75) is 96.8 Å². The number of hydrogen-bond acceptors (Lipinski definition) is 1. The number of allylic oxidation sites excluding steroid dienone is 2. The molecule has 21 heavy (non-hydrogen) atoms. The van der Waals surface area contributed by atoms with Crippen LogP contribution in [0.1, 0.15) is 96.8 Å². The van der Waals surface area contributed by atoms with Gasteiger partial charge in [0, 0.05) is 6.61 Å². The Labute approximate surface area is 133 Å². The predicted octanol–water partition coefficient (Wildman–Crippen LogP) is 6.26. The van der Waals surface area contributed by atoms with Gasteiger partial charge in [0.25, 0.3) is 0 Å². The molecule has 0 saturated heterocycles. The summed E-state index contributed by atoms with van der Waals surface area (Å²) in [7, 11) is 0. The molecule has 0 heterocycles. The lowest BCUT2D eigenvalue weighted by molar-refractivity contribution is 0.281. The van der Waals surface area contributed by atoms with E-state index in [4.69, 9.17) is 5.11 Å². The van der Waals surface area contributed by atoms with Gasteiger partial charge in [0.1, 0.15) is 0 Å². The topological polar surface area (TPSA) is 20.2 Å². The third-order valence-corrected chi connectivity index (χ3v) is 5.06. The minimum absolute atomic E-state index is 0.369. The van der Waals surface area contributed by atoms with E-state index in [0.717, 1.165) is 18.3 Å². The van der Waals surface area contributed by atoms with Crippen LogP contribution in [0.5, 0.6) is 0 Å². The van der Waals surface area contributed by atoms with Gasteiger partial charge in [0.05, 0.1) is 0 Å². The van der Waals surface area contributed by atoms with E-state index in [9.17, 15) is 0 Å². The standard InChI is InChI=1S/C20H38O/c1-2-3-4-5-7-10-14-19-16-13-17-20(19)15-11-8-6-9-12-18-21/h10,14,19-21H,2-9,11-13,15-18H2,1H3/t19-,20-/m0/s1. The highest BCUT2D eigenvalue weighted by atomic mass is 16.2. The Morgan fingerprint density at radius 1 is 0.905 bits per heavy atom. The largest absolute Gasteiger partial charge is 0.396 e. The second kappa shape index (κ2) is 13.4. The summed E-state index contributed by atoms with van der Waals surface area (Å²) in [5, 5.41) is 8.77. The molecular weight excluding hydrogens is 256 g/mol. The summed E-state index contributed by atoms with van der Waals surface area (Å²) >= 11 is 0. The molecule has 0 aromatic heterocycles. The van der Waals surface area contributed by atoms with Gasteiger partial charge in [-0.25, -0.2) is 0 Å². The summed E-state index contributed by atoms with van der Waals surface area (Å²) in [5.74, 6) is 1.85. The molecule has 1 fully saturated rings. The summed E-state index contributed by atoms with van der Waals surface area (Å²) in [5.41, 5.74) is 0. The van der Waals surface area contributed by atoms with Crippen LogP contribution in [0.15, 0.2) is 12.2 Å². The zero-order valence-corrected chi connectivity index (χ0v) is 14.4. The van der Waals surface area contributed by atoms with Gasteiger partial charge in [-0.1, -0.05) is 70.4 Å². The van der Waals surface area contributed by atoms with E-state index >= 15 is 0 Å². The molecule has 1 aliphatic carbocycles. The zero-order chi connectivity index (χ0) is 15.2. The molecule has 0 amide bonds. The second-order valence-electron chi connectivity index (χ2n) is 6.91. The number of unbranched alkanes of at least 4 members (excludes halogenated alkanes) is 8. The van der Waals surface area contributed by atoms with Gasteiger partial charge in [0.2, 0.25) is 0 Å². The molecule has 0 radical (unpaired) electrons. The molecule has 1 rings (SSSR count). The van der Waals surface area contributed by atoms with Gasteiger partial charge in [-0.05, 0) is 50.4 Å². The number of hydrogen-bond donors (Lipinski definition) is 1. The molecule has 0 bridgehead atoms. The third kappa shape index (κ3) is 9.34. The van der Waals surface area contributed by atoms with Crippen molar-refractivity contribution in [2.24, 2.45) is 11.8 Å². The maximum absolute atomic E-state index is 8.77. The van der Waals surface area contributed by atoms with Crippen molar-refractivity contribution >= 4 is 0 Å². The minimum atomic E-state index is 0.369. The van der Waals surface area contributed by atoms with E-state index < -0.39 is 0 Å². The molecule has 1 N–H and O–H groups in total. The van der Waals surface area contributed by atoms with Crippen molar-refractivity contribution in [1.29, 1.82) is 0 Å². The van der Waals surface area contributed by atoms with E-state index in [-0.39, 0.29) is 0 Å². The maximum atomic E-state index is 8.77. The highest BCUT2D eigenvalue weighted by molar-refractivity contribution is 4.94. The zero-order valence-electron chi connectivity index (χ0n) is 14.4. The van der Waals surface area contributed by atoms with E-state index in [1.807, 2.05) is 0 Å². The molecule has 1 aliphatic rings. The van der Waals surface area contributed by atoms with E-state index in [0.29, 0.717) is 6.61 Å². The first-order chi connectivity index (χ1) is 10.4. The van der Waals surface area contributed by atoms with E-state index in [1.54, 1.807) is 0 Å². The summed E-state index contributed by atoms with van der Waals surface area (Å²) in [6, 6.07) is 0. The molecule has 124 valence electrons. The lowest BCUT2D eigenvalue weighted by Gasteiger charge is -2.16. The predicted molar refractivity (Wildman–Crippen MR) is 93.5 cm³/mol. The lowest BCUT2D eigenvalue weighted by Crippen LogP contribution is -2.05. The van der Waals surface area contributed by atoms with E-state index in [1.165, 1.54) is 83.5 Å². The van der Waals surface area contributed by atoms with Crippen molar-refractivity contribution in [3.05, 3.63) is 12.2 Å². The quantitative estimate of drug-likeness (QED) is 0.314. The maximum Gasteiger partial charge on any atom is 0.0431 e. The molecule has 2 atom stereocenters. The SMILES string of the molecule is CCCCCCC=C[C@H]1CCC[C@@H]1CCCCCCCO. The first kappa shape index (κ1) is 18.7. The molecule has 1 nitrogen and oxygen atoms in total. The summed E-state index contributed by atoms with van der Waals surface area (Å²) in [6.07, 6.45) is 23.9. The highest BCUT2D eigenvalue weighted by Crippen LogP contribution is 2.36. The smallest absolute Gasteiger partial charge is 0.0431 e. The Morgan fingerprint density at radius 2 is 1.67 bits per heavy atom. The molecule has 0 unspecified atom stereocenters. The molecule has 0 aromatic rings. The lowest BCUT2D eigenvalue weighted by atomic mass is 9.90. The molecule has 1 saturated carbocycles. The number of aliphatic hydroxyl groups is 1. The van der Waals surface area contributed by atoms with Crippen molar-refractivity contribution in [2.75, 3.05) is 6.61 Å². The fourth-order valence-corrected chi connectivity index (χ4v) is 3.69. The van der Waals surface area contributed by atoms with Crippen LogP contribution in [0.25, 0.3) is 0 Å². The van der Waals surface area contributed by atoms with Crippen LogP contribution in [0.2, 0.25) is 0 Å². The van der Waals surface area contributed by atoms with E-state index in [2.05, 4.69) is 19.1 Å². The van der Waals surface area contributed by atoms with Crippen molar-refractivity contribution in [3.8, 4) is 0 Å². The Kier molecular flexibility index (Phi) is 11.9. The Balaban J connectivity index is 2.06.